The van der Waals surface area contributed by atoms with Crippen molar-refractivity contribution in [3.8, 4) is 0 Å². The molecule has 1 saturated heterocycles. The lowest BCUT2D eigenvalue weighted by molar-refractivity contribution is 0.0840. The van der Waals surface area contributed by atoms with Crippen LogP contribution < -0.4 is 5.32 Å². The van der Waals surface area contributed by atoms with E-state index in [1.807, 2.05) is 6.26 Å². The zero-order chi connectivity index (χ0) is 15.1. The van der Waals surface area contributed by atoms with E-state index in [1.54, 1.807) is 7.11 Å². The van der Waals surface area contributed by atoms with E-state index in [0.717, 1.165) is 38.5 Å². The first-order valence-corrected chi connectivity index (χ1v) is 8.15. The van der Waals surface area contributed by atoms with E-state index in [2.05, 4.69) is 30.1 Å². The van der Waals surface area contributed by atoms with Crippen LogP contribution in [0.4, 0.5) is 0 Å². The minimum absolute atomic E-state index is 0.672. The highest BCUT2D eigenvalue weighted by Crippen LogP contribution is 2.19. The van der Waals surface area contributed by atoms with Crippen LogP contribution in [-0.4, -0.2) is 38.3 Å². The Morgan fingerprint density at radius 2 is 2.33 bits per heavy atom. The second kappa shape index (κ2) is 8.57. The number of furan rings is 1. The first-order chi connectivity index (χ1) is 10.2. The number of hydrogen-bond donors (Lipinski definition) is 1. The van der Waals surface area contributed by atoms with Gasteiger partial charge in [0.1, 0.15) is 5.76 Å². The molecule has 1 aromatic heterocycles. The summed E-state index contributed by atoms with van der Waals surface area (Å²) < 4.78 is 11.0. The molecule has 1 aliphatic heterocycles. The Bertz CT molecular complexity index is 401. The Morgan fingerprint density at radius 3 is 3.10 bits per heavy atom. The van der Waals surface area contributed by atoms with Crippen molar-refractivity contribution in [2.45, 2.75) is 39.8 Å². The van der Waals surface area contributed by atoms with Crippen molar-refractivity contribution < 1.29 is 9.15 Å². The van der Waals surface area contributed by atoms with E-state index in [1.165, 1.54) is 24.9 Å². The van der Waals surface area contributed by atoms with Crippen molar-refractivity contribution in [2.75, 3.05) is 33.4 Å². The second-order valence-corrected chi connectivity index (χ2v) is 6.64. The number of rotatable bonds is 8. The zero-order valence-corrected chi connectivity index (χ0v) is 13.7. The number of likely N-dealkylation sites (tertiary alicyclic amines) is 1. The van der Waals surface area contributed by atoms with Crippen LogP contribution in [0.3, 0.4) is 0 Å². The predicted molar refractivity (Wildman–Crippen MR) is 85.1 cm³/mol. The molecule has 1 aromatic rings. The summed E-state index contributed by atoms with van der Waals surface area (Å²) in [5.74, 6) is 2.43. The molecule has 0 spiro atoms. The Kier molecular flexibility index (Phi) is 6.74. The van der Waals surface area contributed by atoms with Gasteiger partial charge in [0, 0.05) is 25.8 Å². The summed E-state index contributed by atoms with van der Waals surface area (Å²) in [6.45, 7) is 10.5. The van der Waals surface area contributed by atoms with E-state index in [4.69, 9.17) is 9.15 Å². The van der Waals surface area contributed by atoms with Crippen LogP contribution >= 0.6 is 0 Å². The van der Waals surface area contributed by atoms with E-state index in [-0.39, 0.29) is 0 Å². The van der Waals surface area contributed by atoms with Gasteiger partial charge in [-0.1, -0.05) is 13.8 Å². The summed E-state index contributed by atoms with van der Waals surface area (Å²) in [6, 6.07) is 2.19. The van der Waals surface area contributed by atoms with Crippen molar-refractivity contribution in [2.24, 2.45) is 11.8 Å². The molecule has 120 valence electrons. The normalized spacial score (nSPS) is 20.3. The summed E-state index contributed by atoms with van der Waals surface area (Å²) in [5, 5.41) is 3.45. The van der Waals surface area contributed by atoms with Gasteiger partial charge >= 0.3 is 0 Å². The lowest BCUT2D eigenvalue weighted by atomic mass is 9.99. The maximum absolute atomic E-state index is 5.71. The van der Waals surface area contributed by atoms with E-state index >= 15 is 0 Å². The molecule has 1 atom stereocenters. The molecule has 4 heteroatoms. The van der Waals surface area contributed by atoms with E-state index in [0.29, 0.717) is 11.8 Å². The van der Waals surface area contributed by atoms with Crippen molar-refractivity contribution in [1.82, 2.24) is 10.2 Å². The number of nitrogens with zero attached hydrogens (tertiary/aromatic N) is 1. The van der Waals surface area contributed by atoms with Crippen molar-refractivity contribution in [1.29, 1.82) is 0 Å². The van der Waals surface area contributed by atoms with Crippen molar-refractivity contribution >= 4 is 0 Å². The molecule has 2 heterocycles. The molecule has 4 nitrogen and oxygen atoms in total. The Hall–Kier alpha value is -0.840. The maximum Gasteiger partial charge on any atom is 0.118 e. The Labute approximate surface area is 128 Å². The fraction of sp³-hybridized carbons (Fsp3) is 0.765. The quantitative estimate of drug-likeness (QED) is 0.800. The maximum atomic E-state index is 5.71. The zero-order valence-electron chi connectivity index (χ0n) is 13.7. The lowest BCUT2D eigenvalue weighted by Crippen LogP contribution is -2.36. The van der Waals surface area contributed by atoms with Gasteiger partial charge in [0.2, 0.25) is 0 Å². The van der Waals surface area contributed by atoms with Gasteiger partial charge < -0.3 is 14.5 Å². The average molecular weight is 294 g/mol. The number of nitrogens with one attached hydrogen (secondary N) is 1. The van der Waals surface area contributed by atoms with Gasteiger partial charge in [-0.05, 0) is 43.8 Å². The van der Waals surface area contributed by atoms with E-state index in [9.17, 15) is 0 Å². The summed E-state index contributed by atoms with van der Waals surface area (Å²) >= 11 is 0. The highest BCUT2D eigenvalue weighted by molar-refractivity contribution is 5.12. The third kappa shape index (κ3) is 5.81. The summed E-state index contributed by atoms with van der Waals surface area (Å²) in [6.07, 6.45) is 4.43. The van der Waals surface area contributed by atoms with Gasteiger partial charge in [0.25, 0.3) is 0 Å². The van der Waals surface area contributed by atoms with Gasteiger partial charge in [-0.15, -0.1) is 0 Å². The smallest absolute Gasteiger partial charge is 0.118 e. The highest BCUT2D eigenvalue weighted by atomic mass is 16.5. The highest BCUT2D eigenvalue weighted by Gasteiger charge is 2.20. The first-order valence-electron chi connectivity index (χ1n) is 8.15. The molecule has 0 radical (unpaired) electrons. The average Bonchev–Trinajstić information content (AvgIpc) is 2.87. The van der Waals surface area contributed by atoms with Crippen molar-refractivity contribution in [3.05, 3.63) is 23.7 Å². The van der Waals surface area contributed by atoms with Crippen LogP contribution in [0.1, 0.15) is 38.0 Å². The molecular weight excluding hydrogens is 264 g/mol. The van der Waals surface area contributed by atoms with Crippen molar-refractivity contribution in [3.63, 3.8) is 0 Å². The third-order valence-corrected chi connectivity index (χ3v) is 3.97. The number of methoxy groups -OCH3 is 1. The molecule has 21 heavy (non-hydrogen) atoms. The summed E-state index contributed by atoms with van der Waals surface area (Å²) in [7, 11) is 1.79. The van der Waals surface area contributed by atoms with Gasteiger partial charge in [-0.3, -0.25) is 4.90 Å². The SMILES string of the molecule is COCC1CCCN(Cc2cc(CNCC(C)C)co2)C1. The molecule has 1 unspecified atom stereocenters. The molecule has 2 rings (SSSR count). The fourth-order valence-corrected chi connectivity index (χ4v) is 2.99. The summed E-state index contributed by atoms with van der Waals surface area (Å²) in [5.41, 5.74) is 1.25. The Morgan fingerprint density at radius 1 is 1.48 bits per heavy atom. The summed E-state index contributed by atoms with van der Waals surface area (Å²) in [4.78, 5) is 2.48. The fourth-order valence-electron chi connectivity index (χ4n) is 2.99. The largest absolute Gasteiger partial charge is 0.468 e. The monoisotopic (exact) mass is 294 g/mol. The predicted octanol–water partition coefficient (Wildman–Crippen LogP) is 2.88. The van der Waals surface area contributed by atoms with Crippen LogP contribution in [0.2, 0.25) is 0 Å². The van der Waals surface area contributed by atoms with Crippen LogP contribution in [0, 0.1) is 11.8 Å². The molecule has 1 fully saturated rings. The van der Waals surface area contributed by atoms with Crippen LogP contribution in [0.15, 0.2) is 16.7 Å². The standard InChI is InChI=1S/C17H30N2O2/c1-14(2)8-18-9-16-7-17(21-13-16)11-19-6-4-5-15(10-19)12-20-3/h7,13-15,18H,4-6,8-12H2,1-3H3. The lowest BCUT2D eigenvalue weighted by Gasteiger charge is -2.31. The third-order valence-electron chi connectivity index (χ3n) is 3.97. The first kappa shape index (κ1) is 16.5. The van der Waals surface area contributed by atoms with Gasteiger partial charge in [0.05, 0.1) is 19.4 Å². The minimum atomic E-state index is 0.672. The van der Waals surface area contributed by atoms with Crippen LogP contribution in [0.5, 0.6) is 0 Å². The molecule has 0 amide bonds. The topological polar surface area (TPSA) is 37.6 Å². The molecule has 1 N–H and O–H groups in total. The number of piperidine rings is 1. The van der Waals surface area contributed by atoms with Crippen LogP contribution in [0.25, 0.3) is 0 Å². The van der Waals surface area contributed by atoms with Gasteiger partial charge in [-0.2, -0.15) is 0 Å². The molecular formula is C17H30N2O2. The molecule has 1 aliphatic rings. The van der Waals surface area contributed by atoms with Gasteiger partial charge in [0.15, 0.2) is 0 Å². The minimum Gasteiger partial charge on any atom is -0.468 e. The molecule has 0 aliphatic carbocycles. The molecule has 0 saturated carbocycles. The molecule has 0 bridgehead atoms. The Balaban J connectivity index is 1.76. The van der Waals surface area contributed by atoms with Crippen LogP contribution in [-0.2, 0) is 17.8 Å². The number of hydrogen-bond acceptors (Lipinski definition) is 4. The van der Waals surface area contributed by atoms with E-state index < -0.39 is 0 Å². The number of ether oxygens (including phenoxy) is 1. The molecule has 0 aromatic carbocycles. The second-order valence-electron chi connectivity index (χ2n) is 6.64. The van der Waals surface area contributed by atoms with Gasteiger partial charge in [-0.25, -0.2) is 0 Å².